The summed E-state index contributed by atoms with van der Waals surface area (Å²) < 4.78 is 34.2. The van der Waals surface area contributed by atoms with Crippen LogP contribution in [0.25, 0.3) is 0 Å². The quantitative estimate of drug-likeness (QED) is 0.406. The number of aryl methyl sites for hydroxylation is 2. The van der Waals surface area contributed by atoms with Gasteiger partial charge in [-0.05, 0) is 67.3 Å². The average Bonchev–Trinajstić information content (AvgIpc) is 2.84. The minimum absolute atomic E-state index is 0.0696. The number of nitrogens with one attached hydrogen (secondary N) is 1. The van der Waals surface area contributed by atoms with Crippen molar-refractivity contribution in [2.45, 2.75) is 37.1 Å². The summed E-state index contributed by atoms with van der Waals surface area (Å²) in [5.74, 6) is -0.0111. The first-order valence-corrected chi connectivity index (χ1v) is 12.9. The molecule has 0 aliphatic carbocycles. The van der Waals surface area contributed by atoms with Gasteiger partial charge in [-0.2, -0.15) is 4.72 Å². The van der Waals surface area contributed by atoms with Crippen molar-refractivity contribution in [3.05, 3.63) is 89.5 Å². The summed E-state index contributed by atoms with van der Waals surface area (Å²) in [4.78, 5) is 24.9. The third-order valence-corrected chi connectivity index (χ3v) is 7.00. The largest absolute Gasteiger partial charge is 0.481 e. The predicted molar refractivity (Wildman–Crippen MR) is 137 cm³/mol. The number of amides is 1. The monoisotopic (exact) mass is 510 g/mol. The second-order valence-electron chi connectivity index (χ2n) is 8.71. The summed E-state index contributed by atoms with van der Waals surface area (Å²) in [6, 6.07) is 19.7. The zero-order valence-corrected chi connectivity index (χ0v) is 21.3. The first kappa shape index (κ1) is 26.9. The van der Waals surface area contributed by atoms with Crippen molar-refractivity contribution in [1.29, 1.82) is 0 Å². The Hall–Kier alpha value is -3.69. The van der Waals surface area contributed by atoms with Gasteiger partial charge in [0.05, 0.1) is 4.90 Å². The molecule has 1 amide bonds. The molecule has 2 N–H and O–H groups in total. The maximum absolute atomic E-state index is 12.9. The Labute approximate surface area is 211 Å². The number of rotatable bonds is 11. The fraction of sp³-hybridized carbons (Fsp3) is 0.259. The maximum Gasteiger partial charge on any atom is 0.303 e. The van der Waals surface area contributed by atoms with Gasteiger partial charge in [0.1, 0.15) is 17.5 Å². The van der Waals surface area contributed by atoms with E-state index in [1.54, 1.807) is 62.6 Å². The molecule has 0 spiro atoms. The number of hydrogen-bond acceptors (Lipinski definition) is 5. The highest BCUT2D eigenvalue weighted by atomic mass is 32.2. The number of sulfonamides is 1. The molecule has 0 radical (unpaired) electrons. The van der Waals surface area contributed by atoms with Crippen molar-refractivity contribution in [2.24, 2.45) is 0 Å². The first-order valence-electron chi connectivity index (χ1n) is 11.4. The van der Waals surface area contributed by atoms with Crippen LogP contribution in [0.15, 0.2) is 77.7 Å². The number of likely N-dealkylation sites (N-methyl/N-ethyl adjacent to an activating group) is 1. The van der Waals surface area contributed by atoms with E-state index in [1.165, 1.54) is 17.0 Å². The van der Waals surface area contributed by atoms with Gasteiger partial charge in [0.25, 0.3) is 0 Å². The van der Waals surface area contributed by atoms with Gasteiger partial charge in [0.2, 0.25) is 15.9 Å². The molecule has 1 atom stereocenters. The Morgan fingerprint density at radius 2 is 1.42 bits per heavy atom. The summed E-state index contributed by atoms with van der Waals surface area (Å²) in [6.07, 6.45) is 0.686. The van der Waals surface area contributed by atoms with Crippen LogP contribution in [-0.4, -0.2) is 50.4 Å². The lowest BCUT2D eigenvalue weighted by Gasteiger charge is -2.22. The molecule has 0 saturated heterocycles. The van der Waals surface area contributed by atoms with E-state index in [2.05, 4.69) is 4.72 Å². The lowest BCUT2D eigenvalue weighted by molar-refractivity contribution is -0.137. The molecule has 3 aromatic carbocycles. The Morgan fingerprint density at radius 3 is 1.92 bits per heavy atom. The summed E-state index contributed by atoms with van der Waals surface area (Å²) >= 11 is 0. The van der Waals surface area contributed by atoms with Crippen LogP contribution in [0.2, 0.25) is 0 Å². The molecule has 0 fully saturated rings. The molecule has 0 heterocycles. The Balaban J connectivity index is 1.69. The van der Waals surface area contributed by atoms with Gasteiger partial charge < -0.3 is 14.7 Å². The number of carbonyl (C=O) groups is 2. The van der Waals surface area contributed by atoms with Crippen molar-refractivity contribution in [2.75, 3.05) is 14.1 Å². The van der Waals surface area contributed by atoms with E-state index in [4.69, 9.17) is 9.84 Å². The molecule has 0 aliphatic rings. The topological polar surface area (TPSA) is 113 Å². The molecule has 3 rings (SSSR count). The molecule has 9 heteroatoms. The van der Waals surface area contributed by atoms with E-state index in [9.17, 15) is 18.0 Å². The normalized spacial score (nSPS) is 12.1. The molecule has 8 nitrogen and oxygen atoms in total. The highest BCUT2D eigenvalue weighted by molar-refractivity contribution is 7.89. The van der Waals surface area contributed by atoms with Gasteiger partial charge >= 0.3 is 5.97 Å². The van der Waals surface area contributed by atoms with Gasteiger partial charge in [0.15, 0.2) is 0 Å². The van der Waals surface area contributed by atoms with E-state index >= 15 is 0 Å². The second-order valence-corrected chi connectivity index (χ2v) is 10.4. The van der Waals surface area contributed by atoms with Gasteiger partial charge in [-0.3, -0.25) is 9.59 Å². The fourth-order valence-corrected chi connectivity index (χ4v) is 4.69. The number of ether oxygens (including phenoxy) is 1. The van der Waals surface area contributed by atoms with E-state index in [-0.39, 0.29) is 23.6 Å². The number of hydrogen-bond donors (Lipinski definition) is 2. The summed E-state index contributed by atoms with van der Waals surface area (Å²) in [6.45, 7) is 1.87. The number of carboxylic acids is 1. The lowest BCUT2D eigenvalue weighted by atomic mass is 10.1. The number of carbonyl (C=O) groups excluding carboxylic acids is 1. The SMILES string of the molecule is Cc1ccc(S(=O)(=O)NC(Cc2ccc(Oc3ccc(CCC(=O)O)cc3)cc2)C(=O)N(C)C)cc1. The molecular formula is C27H30N2O6S. The smallest absolute Gasteiger partial charge is 0.303 e. The van der Waals surface area contributed by atoms with Crippen LogP contribution in [-0.2, 0) is 32.5 Å². The highest BCUT2D eigenvalue weighted by Crippen LogP contribution is 2.23. The molecule has 3 aromatic rings. The number of carboxylic acid groups (broad SMARTS) is 1. The van der Waals surface area contributed by atoms with Gasteiger partial charge in [0, 0.05) is 20.5 Å². The van der Waals surface area contributed by atoms with Crippen LogP contribution < -0.4 is 9.46 Å². The molecule has 36 heavy (non-hydrogen) atoms. The van der Waals surface area contributed by atoms with Crippen molar-refractivity contribution in [1.82, 2.24) is 9.62 Å². The van der Waals surface area contributed by atoms with Crippen molar-refractivity contribution in [3.8, 4) is 11.5 Å². The average molecular weight is 511 g/mol. The van der Waals surface area contributed by atoms with E-state index in [0.29, 0.717) is 17.9 Å². The van der Waals surface area contributed by atoms with E-state index in [1.807, 2.05) is 19.1 Å². The van der Waals surface area contributed by atoms with E-state index in [0.717, 1.165) is 16.7 Å². The van der Waals surface area contributed by atoms with E-state index < -0.39 is 22.0 Å². The molecule has 190 valence electrons. The third-order valence-electron chi connectivity index (χ3n) is 5.52. The number of aliphatic carboxylic acids is 1. The summed E-state index contributed by atoms with van der Waals surface area (Å²) in [5, 5.41) is 8.80. The second kappa shape index (κ2) is 11.8. The highest BCUT2D eigenvalue weighted by Gasteiger charge is 2.27. The molecule has 0 aliphatic heterocycles. The first-order chi connectivity index (χ1) is 17.0. The van der Waals surface area contributed by atoms with Gasteiger partial charge in [-0.1, -0.05) is 42.0 Å². The van der Waals surface area contributed by atoms with Crippen LogP contribution in [0.5, 0.6) is 11.5 Å². The van der Waals surface area contributed by atoms with Crippen molar-refractivity contribution >= 4 is 21.9 Å². The number of nitrogens with zero attached hydrogens (tertiary/aromatic N) is 1. The Morgan fingerprint density at radius 1 is 0.889 bits per heavy atom. The van der Waals surface area contributed by atoms with Crippen LogP contribution in [0.1, 0.15) is 23.1 Å². The zero-order chi connectivity index (χ0) is 26.3. The van der Waals surface area contributed by atoms with Crippen molar-refractivity contribution in [3.63, 3.8) is 0 Å². The standard InChI is InChI=1S/C27H30N2O6S/c1-19-4-15-24(16-5-19)36(33,34)28-25(27(32)29(2)3)18-21-8-13-23(14-9-21)35-22-11-6-20(7-12-22)10-17-26(30)31/h4-9,11-16,25,28H,10,17-18H2,1-3H3,(H,30,31). The fourth-order valence-electron chi connectivity index (χ4n) is 3.50. The third kappa shape index (κ3) is 7.66. The zero-order valence-electron chi connectivity index (χ0n) is 20.5. The molecule has 0 bridgehead atoms. The lowest BCUT2D eigenvalue weighted by Crippen LogP contribution is -2.47. The molecule has 0 saturated carbocycles. The molecule has 0 aromatic heterocycles. The number of benzene rings is 3. The Kier molecular flexibility index (Phi) is 8.84. The van der Waals surface area contributed by atoms with Crippen LogP contribution >= 0.6 is 0 Å². The molecular weight excluding hydrogens is 480 g/mol. The Bertz CT molecular complexity index is 1290. The van der Waals surface area contributed by atoms with Crippen LogP contribution in [0.3, 0.4) is 0 Å². The van der Waals surface area contributed by atoms with Crippen LogP contribution in [0, 0.1) is 6.92 Å². The summed E-state index contributed by atoms with van der Waals surface area (Å²) in [7, 11) is -0.726. The minimum Gasteiger partial charge on any atom is -0.481 e. The van der Waals surface area contributed by atoms with Crippen LogP contribution in [0.4, 0.5) is 0 Å². The predicted octanol–water partition coefficient (Wildman–Crippen LogP) is 3.78. The maximum atomic E-state index is 12.9. The van der Waals surface area contributed by atoms with Gasteiger partial charge in [-0.15, -0.1) is 0 Å². The molecule has 1 unspecified atom stereocenters. The van der Waals surface area contributed by atoms with Crippen molar-refractivity contribution < 1.29 is 27.9 Å². The minimum atomic E-state index is -3.89. The summed E-state index contributed by atoms with van der Waals surface area (Å²) in [5.41, 5.74) is 2.61. The van der Waals surface area contributed by atoms with Gasteiger partial charge in [-0.25, -0.2) is 8.42 Å².